The molecule has 36 heavy (non-hydrogen) atoms. The minimum absolute atomic E-state index is 0.263. The van der Waals surface area contributed by atoms with E-state index < -0.39 is 0 Å². The molecular weight excluding hydrogens is 461 g/mol. The Balaban J connectivity index is 0.983. The molecule has 0 amide bonds. The molecule has 1 unspecified atom stereocenters. The molecule has 6 rings (SSSR count). The maximum Gasteiger partial charge on any atom is 0.213 e. The monoisotopic (exact) mass is 495 g/mol. The van der Waals surface area contributed by atoms with E-state index in [-0.39, 0.29) is 5.82 Å². The first-order chi connectivity index (χ1) is 17.7. The lowest BCUT2D eigenvalue weighted by Gasteiger charge is -2.46. The van der Waals surface area contributed by atoms with Crippen molar-refractivity contribution in [3.63, 3.8) is 0 Å². The molecular formula is C27H34FN5O3. The number of rotatable bonds is 8. The highest BCUT2D eigenvalue weighted by Crippen LogP contribution is 2.31. The Morgan fingerprint density at radius 3 is 3.00 bits per heavy atom. The number of piperidine rings is 1. The molecule has 5 heterocycles. The van der Waals surface area contributed by atoms with Crippen LogP contribution in [0.4, 0.5) is 10.2 Å². The summed E-state index contributed by atoms with van der Waals surface area (Å²) in [5.74, 6) is 1.67. The molecule has 2 aromatic heterocycles. The standard InChI is InChI=1S/C27H34FN5O3/c28-20-7-9-25-24(13-20)27(31-36-25)33-11-10-32-16-19(6-8-22(32)17-33)18-35-26-5-1-3-21(30-26)14-29-15-23-4-2-12-34-23/h1,3,5,7,9,13,19,22-23,29H,2,4,6,8,10-12,14-18H2/t19-,22+,23?/m1/s1. The smallest absolute Gasteiger partial charge is 0.213 e. The molecule has 3 saturated heterocycles. The van der Waals surface area contributed by atoms with Crippen molar-refractivity contribution in [2.45, 2.75) is 44.4 Å². The third-order valence-corrected chi connectivity index (χ3v) is 7.67. The maximum absolute atomic E-state index is 13.8. The lowest BCUT2D eigenvalue weighted by atomic mass is 9.91. The van der Waals surface area contributed by atoms with Crippen LogP contribution >= 0.6 is 0 Å². The number of ether oxygens (including phenoxy) is 2. The van der Waals surface area contributed by atoms with Gasteiger partial charge in [0.2, 0.25) is 5.88 Å². The number of nitrogens with one attached hydrogen (secondary N) is 1. The van der Waals surface area contributed by atoms with Crippen LogP contribution < -0.4 is 15.0 Å². The van der Waals surface area contributed by atoms with Crippen LogP contribution in [0.3, 0.4) is 0 Å². The normalized spacial score (nSPS) is 24.8. The third kappa shape index (κ3) is 5.33. The summed E-state index contributed by atoms with van der Waals surface area (Å²) in [5, 5.41) is 8.45. The highest BCUT2D eigenvalue weighted by Gasteiger charge is 2.34. The van der Waals surface area contributed by atoms with Crippen molar-refractivity contribution in [1.82, 2.24) is 20.4 Å². The molecule has 3 aliphatic rings. The minimum Gasteiger partial charge on any atom is -0.477 e. The number of anilines is 1. The van der Waals surface area contributed by atoms with Crippen LogP contribution in [-0.2, 0) is 11.3 Å². The van der Waals surface area contributed by atoms with Crippen LogP contribution in [0.2, 0.25) is 0 Å². The second kappa shape index (κ2) is 10.7. The van der Waals surface area contributed by atoms with Gasteiger partial charge < -0.3 is 24.2 Å². The quantitative estimate of drug-likeness (QED) is 0.508. The molecule has 192 valence electrons. The Morgan fingerprint density at radius 1 is 1.11 bits per heavy atom. The van der Waals surface area contributed by atoms with Crippen LogP contribution in [0, 0.1) is 11.7 Å². The van der Waals surface area contributed by atoms with Crippen molar-refractivity contribution in [2.75, 3.05) is 50.8 Å². The summed E-state index contributed by atoms with van der Waals surface area (Å²) in [7, 11) is 0. The number of pyridine rings is 1. The second-order valence-electron chi connectivity index (χ2n) is 10.2. The summed E-state index contributed by atoms with van der Waals surface area (Å²) >= 11 is 0. The van der Waals surface area contributed by atoms with E-state index in [1.165, 1.54) is 12.1 Å². The van der Waals surface area contributed by atoms with E-state index in [9.17, 15) is 4.39 Å². The predicted molar refractivity (Wildman–Crippen MR) is 135 cm³/mol. The third-order valence-electron chi connectivity index (χ3n) is 7.67. The van der Waals surface area contributed by atoms with Crippen LogP contribution in [0.5, 0.6) is 5.88 Å². The van der Waals surface area contributed by atoms with Gasteiger partial charge in [-0.25, -0.2) is 9.37 Å². The number of hydrogen-bond donors (Lipinski definition) is 1. The maximum atomic E-state index is 13.8. The number of halogens is 1. The molecule has 1 aromatic carbocycles. The van der Waals surface area contributed by atoms with Crippen LogP contribution in [0.15, 0.2) is 40.9 Å². The first-order valence-corrected chi connectivity index (χ1v) is 13.2. The zero-order valence-corrected chi connectivity index (χ0v) is 20.6. The first kappa shape index (κ1) is 23.6. The van der Waals surface area contributed by atoms with Gasteiger partial charge in [-0.15, -0.1) is 0 Å². The minimum atomic E-state index is -0.263. The Labute approximate surface area is 210 Å². The average molecular weight is 496 g/mol. The van der Waals surface area contributed by atoms with Gasteiger partial charge in [0.05, 0.1) is 23.8 Å². The number of hydrogen-bond acceptors (Lipinski definition) is 8. The van der Waals surface area contributed by atoms with E-state index in [0.29, 0.717) is 36.1 Å². The fraction of sp³-hybridized carbons (Fsp3) is 0.556. The van der Waals surface area contributed by atoms with Crippen LogP contribution in [-0.4, -0.2) is 73.1 Å². The number of piperazine rings is 1. The van der Waals surface area contributed by atoms with Crippen molar-refractivity contribution in [3.8, 4) is 5.88 Å². The molecule has 0 saturated carbocycles. The van der Waals surface area contributed by atoms with Gasteiger partial charge >= 0.3 is 0 Å². The summed E-state index contributed by atoms with van der Waals surface area (Å²) in [6, 6.07) is 11.0. The summed E-state index contributed by atoms with van der Waals surface area (Å²) in [5.41, 5.74) is 1.62. The van der Waals surface area contributed by atoms with Gasteiger partial charge in [-0.3, -0.25) is 4.90 Å². The van der Waals surface area contributed by atoms with Gasteiger partial charge in [-0.1, -0.05) is 11.2 Å². The van der Waals surface area contributed by atoms with Crippen molar-refractivity contribution in [1.29, 1.82) is 0 Å². The molecule has 0 aliphatic carbocycles. The fourth-order valence-electron chi connectivity index (χ4n) is 5.72. The van der Waals surface area contributed by atoms with Crippen LogP contribution in [0.1, 0.15) is 31.4 Å². The van der Waals surface area contributed by atoms with Crippen LogP contribution in [0.25, 0.3) is 11.0 Å². The summed E-state index contributed by atoms with van der Waals surface area (Å²) in [6.07, 6.45) is 4.85. The molecule has 0 spiro atoms. The van der Waals surface area contributed by atoms with Gasteiger partial charge in [0.25, 0.3) is 0 Å². The lowest BCUT2D eigenvalue weighted by Crippen LogP contribution is -2.57. The lowest BCUT2D eigenvalue weighted by molar-refractivity contribution is 0.0716. The van der Waals surface area contributed by atoms with Gasteiger partial charge in [-0.2, -0.15) is 0 Å². The molecule has 3 fully saturated rings. The molecule has 3 aromatic rings. The van der Waals surface area contributed by atoms with Gasteiger partial charge in [0.15, 0.2) is 11.4 Å². The van der Waals surface area contributed by atoms with Crippen molar-refractivity contribution < 1.29 is 18.4 Å². The average Bonchev–Trinajstić information content (AvgIpc) is 3.57. The number of fused-ring (bicyclic) bond motifs is 2. The van der Waals surface area contributed by atoms with E-state index in [1.54, 1.807) is 6.07 Å². The fourth-order valence-corrected chi connectivity index (χ4v) is 5.72. The second-order valence-corrected chi connectivity index (χ2v) is 10.2. The molecule has 1 N–H and O–H groups in total. The number of aromatic nitrogens is 2. The van der Waals surface area contributed by atoms with E-state index in [4.69, 9.17) is 14.0 Å². The van der Waals surface area contributed by atoms with Crippen molar-refractivity contribution in [3.05, 3.63) is 47.9 Å². The van der Waals surface area contributed by atoms with Crippen molar-refractivity contribution in [2.24, 2.45) is 5.92 Å². The van der Waals surface area contributed by atoms with Gasteiger partial charge in [0.1, 0.15) is 5.82 Å². The van der Waals surface area contributed by atoms with Crippen molar-refractivity contribution >= 4 is 16.8 Å². The SMILES string of the molecule is Fc1ccc2onc(N3CCN4C[C@H](COc5cccc(CNCC6CCCO6)n5)CC[C@H]4C3)c2c1. The van der Waals surface area contributed by atoms with E-state index in [2.05, 4.69) is 25.3 Å². The highest BCUT2D eigenvalue weighted by molar-refractivity contribution is 5.88. The van der Waals surface area contributed by atoms with E-state index in [1.807, 2.05) is 18.2 Å². The first-order valence-electron chi connectivity index (χ1n) is 13.2. The summed E-state index contributed by atoms with van der Waals surface area (Å²) in [4.78, 5) is 9.49. The Bertz CT molecular complexity index is 1170. The highest BCUT2D eigenvalue weighted by atomic mass is 19.1. The zero-order chi connectivity index (χ0) is 24.3. The molecule has 3 aliphatic heterocycles. The molecule has 0 bridgehead atoms. The number of benzene rings is 1. The molecule has 9 heteroatoms. The summed E-state index contributed by atoms with van der Waals surface area (Å²) in [6.45, 7) is 6.86. The topological polar surface area (TPSA) is 75.9 Å². The largest absolute Gasteiger partial charge is 0.477 e. The molecule has 8 nitrogen and oxygen atoms in total. The summed E-state index contributed by atoms with van der Waals surface area (Å²) < 4.78 is 31.0. The predicted octanol–water partition coefficient (Wildman–Crippen LogP) is 3.61. The molecule has 0 radical (unpaired) electrons. The molecule has 3 atom stereocenters. The number of nitrogens with zero attached hydrogens (tertiary/aromatic N) is 4. The Morgan fingerprint density at radius 2 is 2.08 bits per heavy atom. The zero-order valence-electron chi connectivity index (χ0n) is 20.6. The van der Waals surface area contributed by atoms with E-state index in [0.717, 1.165) is 88.5 Å². The van der Waals surface area contributed by atoms with E-state index >= 15 is 0 Å². The Kier molecular flexibility index (Phi) is 7.03. The Hall–Kier alpha value is -2.75. The van der Waals surface area contributed by atoms with Gasteiger partial charge in [-0.05, 0) is 49.9 Å². The van der Waals surface area contributed by atoms with Gasteiger partial charge in [0, 0.05) is 63.9 Å².